The highest BCUT2D eigenvalue weighted by Crippen LogP contribution is 2.62. The fraction of sp³-hybridized carbons (Fsp3) is 0.308. The standard InChI is InChI=1S/C26H26O3/c1-6-17-13-14-25(4)23(28)15(2)16(3)24(29)26(25,5)22(17)20-11-12-21(27)19-10-8-7-9-18(19)20/h6-13,22,27H,1,14H2,2-5H3/t22-,25+,26-/m1/s1. The Labute approximate surface area is 171 Å². The van der Waals surface area contributed by atoms with Gasteiger partial charge in [0.1, 0.15) is 5.75 Å². The van der Waals surface area contributed by atoms with E-state index in [9.17, 15) is 14.7 Å². The molecule has 3 atom stereocenters. The van der Waals surface area contributed by atoms with Crippen LogP contribution in [0.15, 0.2) is 71.8 Å². The van der Waals surface area contributed by atoms with Crippen LogP contribution < -0.4 is 0 Å². The van der Waals surface area contributed by atoms with E-state index in [2.05, 4.69) is 12.7 Å². The summed E-state index contributed by atoms with van der Waals surface area (Å²) in [6.07, 6.45) is 4.36. The van der Waals surface area contributed by atoms with Crippen LogP contribution in [0.25, 0.3) is 10.8 Å². The number of aromatic hydroxyl groups is 1. The molecular formula is C26H26O3. The maximum Gasteiger partial charge on any atom is 0.166 e. The summed E-state index contributed by atoms with van der Waals surface area (Å²) >= 11 is 0. The third-order valence-electron chi connectivity index (χ3n) is 7.50. The predicted molar refractivity (Wildman–Crippen MR) is 116 cm³/mol. The summed E-state index contributed by atoms with van der Waals surface area (Å²) in [6, 6.07) is 11.2. The van der Waals surface area contributed by atoms with Crippen LogP contribution in [0.3, 0.4) is 0 Å². The molecule has 3 nitrogen and oxygen atoms in total. The zero-order valence-electron chi connectivity index (χ0n) is 17.4. The van der Waals surface area contributed by atoms with Crippen LogP contribution in [-0.4, -0.2) is 16.7 Å². The number of hydrogen-bond acceptors (Lipinski definition) is 3. The van der Waals surface area contributed by atoms with Crippen LogP contribution in [0.5, 0.6) is 5.75 Å². The van der Waals surface area contributed by atoms with Crippen molar-refractivity contribution in [2.24, 2.45) is 10.8 Å². The molecule has 0 spiro atoms. The molecule has 2 aliphatic carbocycles. The van der Waals surface area contributed by atoms with Gasteiger partial charge in [0.15, 0.2) is 11.6 Å². The molecule has 4 rings (SSSR count). The van der Waals surface area contributed by atoms with Crippen LogP contribution in [0, 0.1) is 10.8 Å². The van der Waals surface area contributed by atoms with Crippen molar-refractivity contribution in [2.45, 2.75) is 40.0 Å². The molecule has 0 unspecified atom stereocenters. The first kappa shape index (κ1) is 19.4. The number of hydrogen-bond donors (Lipinski definition) is 1. The number of ketones is 2. The largest absolute Gasteiger partial charge is 0.507 e. The summed E-state index contributed by atoms with van der Waals surface area (Å²) in [6.45, 7) is 11.4. The number of carbonyl (C=O) groups excluding carboxylic acids is 2. The smallest absolute Gasteiger partial charge is 0.166 e. The van der Waals surface area contributed by atoms with Crippen LogP contribution in [0.2, 0.25) is 0 Å². The van der Waals surface area contributed by atoms with E-state index in [-0.39, 0.29) is 23.2 Å². The van der Waals surface area contributed by atoms with Gasteiger partial charge in [-0.3, -0.25) is 9.59 Å². The number of phenolic OH excluding ortho intramolecular Hbond substituents is 1. The Balaban J connectivity index is 2.10. The topological polar surface area (TPSA) is 54.4 Å². The third kappa shape index (κ3) is 2.30. The Morgan fingerprint density at radius 2 is 1.62 bits per heavy atom. The van der Waals surface area contributed by atoms with Crippen LogP contribution >= 0.6 is 0 Å². The Morgan fingerprint density at radius 3 is 2.28 bits per heavy atom. The molecular weight excluding hydrogens is 360 g/mol. The van der Waals surface area contributed by atoms with Gasteiger partial charge in [0.25, 0.3) is 0 Å². The monoisotopic (exact) mass is 386 g/mol. The molecule has 0 aliphatic heterocycles. The zero-order valence-corrected chi connectivity index (χ0v) is 17.4. The van der Waals surface area contributed by atoms with Gasteiger partial charge in [0, 0.05) is 16.7 Å². The molecule has 1 N–H and O–H groups in total. The minimum Gasteiger partial charge on any atom is -0.507 e. The van der Waals surface area contributed by atoms with Gasteiger partial charge in [0.2, 0.25) is 0 Å². The lowest BCUT2D eigenvalue weighted by atomic mass is 9.45. The van der Waals surface area contributed by atoms with Crippen LogP contribution in [0.1, 0.15) is 45.6 Å². The Hall–Kier alpha value is -2.94. The average Bonchev–Trinajstić information content (AvgIpc) is 2.73. The predicted octanol–water partition coefficient (Wildman–Crippen LogP) is 5.65. The fourth-order valence-electron chi connectivity index (χ4n) is 5.41. The van der Waals surface area contributed by atoms with Gasteiger partial charge in [-0.25, -0.2) is 0 Å². The molecule has 2 aromatic carbocycles. The molecule has 0 saturated heterocycles. The van der Waals surface area contributed by atoms with Crippen molar-refractivity contribution < 1.29 is 14.7 Å². The highest BCUT2D eigenvalue weighted by atomic mass is 16.3. The maximum atomic E-state index is 13.8. The van der Waals surface area contributed by atoms with Crippen LogP contribution in [0.4, 0.5) is 0 Å². The van der Waals surface area contributed by atoms with Crippen molar-refractivity contribution in [3.8, 4) is 5.75 Å². The molecule has 0 bridgehead atoms. The van der Waals surface area contributed by atoms with E-state index in [0.29, 0.717) is 17.6 Å². The Kier molecular flexibility index (Phi) is 4.20. The zero-order chi connectivity index (χ0) is 21.1. The van der Waals surface area contributed by atoms with Gasteiger partial charge < -0.3 is 5.11 Å². The molecule has 148 valence electrons. The summed E-state index contributed by atoms with van der Waals surface area (Å²) in [4.78, 5) is 27.2. The summed E-state index contributed by atoms with van der Waals surface area (Å²) in [5.41, 5.74) is 1.24. The summed E-state index contributed by atoms with van der Waals surface area (Å²) < 4.78 is 0. The molecule has 0 fully saturated rings. The molecule has 0 radical (unpaired) electrons. The van der Waals surface area contributed by atoms with E-state index in [1.807, 2.05) is 44.2 Å². The van der Waals surface area contributed by atoms with Gasteiger partial charge in [-0.15, -0.1) is 0 Å². The third-order valence-corrected chi connectivity index (χ3v) is 7.50. The number of allylic oxidation sites excluding steroid dienone is 5. The number of phenols is 1. The van der Waals surface area contributed by atoms with Crippen molar-refractivity contribution in [3.63, 3.8) is 0 Å². The van der Waals surface area contributed by atoms with E-state index < -0.39 is 10.8 Å². The van der Waals surface area contributed by atoms with E-state index in [1.165, 1.54) is 0 Å². The second kappa shape index (κ2) is 6.28. The minimum atomic E-state index is -0.939. The first-order valence-corrected chi connectivity index (χ1v) is 9.98. The molecule has 2 aliphatic rings. The molecule has 29 heavy (non-hydrogen) atoms. The number of carbonyl (C=O) groups is 2. The van der Waals surface area contributed by atoms with Crippen molar-refractivity contribution in [1.29, 1.82) is 0 Å². The van der Waals surface area contributed by atoms with Crippen molar-refractivity contribution in [2.75, 3.05) is 0 Å². The fourth-order valence-corrected chi connectivity index (χ4v) is 5.41. The second-order valence-corrected chi connectivity index (χ2v) is 8.71. The lowest BCUT2D eigenvalue weighted by molar-refractivity contribution is -0.147. The Morgan fingerprint density at radius 1 is 1.00 bits per heavy atom. The van der Waals surface area contributed by atoms with Gasteiger partial charge in [0.05, 0.1) is 5.41 Å². The van der Waals surface area contributed by atoms with Gasteiger partial charge >= 0.3 is 0 Å². The van der Waals surface area contributed by atoms with Crippen LogP contribution in [-0.2, 0) is 9.59 Å². The molecule has 0 heterocycles. The normalized spacial score (nSPS) is 29.7. The molecule has 0 saturated carbocycles. The maximum absolute atomic E-state index is 13.8. The average molecular weight is 386 g/mol. The Bertz CT molecular complexity index is 1150. The molecule has 0 aromatic heterocycles. The van der Waals surface area contributed by atoms with Crippen molar-refractivity contribution in [1.82, 2.24) is 0 Å². The van der Waals surface area contributed by atoms with E-state index in [4.69, 9.17) is 0 Å². The number of fused-ring (bicyclic) bond motifs is 2. The molecule has 2 aromatic rings. The minimum absolute atomic E-state index is 0.0201. The van der Waals surface area contributed by atoms with Gasteiger partial charge in [-0.1, -0.05) is 62.9 Å². The summed E-state index contributed by atoms with van der Waals surface area (Å²) in [5.74, 6) is -0.0600. The quantitative estimate of drug-likeness (QED) is 0.726. The summed E-state index contributed by atoms with van der Waals surface area (Å²) in [5, 5.41) is 12.0. The molecule has 3 heteroatoms. The van der Waals surface area contributed by atoms with Gasteiger partial charge in [-0.05, 0) is 54.0 Å². The first-order valence-electron chi connectivity index (χ1n) is 9.98. The van der Waals surface area contributed by atoms with Crippen molar-refractivity contribution >= 4 is 22.3 Å². The molecule has 0 amide bonds. The lowest BCUT2D eigenvalue weighted by Gasteiger charge is -2.54. The first-order chi connectivity index (χ1) is 13.7. The lowest BCUT2D eigenvalue weighted by Crippen LogP contribution is -2.57. The SMILES string of the molecule is C=CC1=CC[C@@]2(C)C(=O)C(C)=C(C)C(=O)[C@@]2(C)[C@H]1c1ccc(O)c2ccccc12. The number of benzene rings is 2. The number of Topliss-reactive ketones (excluding diaryl/α,β-unsaturated/α-hetero) is 2. The van der Waals surface area contributed by atoms with E-state index in [1.54, 1.807) is 26.0 Å². The van der Waals surface area contributed by atoms with E-state index >= 15 is 0 Å². The number of rotatable bonds is 2. The van der Waals surface area contributed by atoms with E-state index in [0.717, 1.165) is 21.9 Å². The highest BCUT2D eigenvalue weighted by molar-refractivity contribution is 6.17. The second-order valence-electron chi connectivity index (χ2n) is 8.71. The van der Waals surface area contributed by atoms with Gasteiger partial charge in [-0.2, -0.15) is 0 Å². The summed E-state index contributed by atoms with van der Waals surface area (Å²) in [7, 11) is 0. The van der Waals surface area contributed by atoms with Crippen molar-refractivity contribution in [3.05, 3.63) is 77.4 Å². The highest BCUT2D eigenvalue weighted by Gasteiger charge is 2.63.